The Bertz CT molecular complexity index is 1390. The van der Waals surface area contributed by atoms with Gasteiger partial charge in [-0.1, -0.05) is 51.9 Å². The number of rotatable bonds is 12. The summed E-state index contributed by atoms with van der Waals surface area (Å²) in [7, 11) is 0. The van der Waals surface area contributed by atoms with Crippen LogP contribution in [0.15, 0.2) is 40.5 Å². The molecule has 3 amide bonds. The number of aliphatic hydroxyl groups excluding tert-OH is 1. The van der Waals surface area contributed by atoms with Gasteiger partial charge < -0.3 is 29.9 Å². The van der Waals surface area contributed by atoms with Gasteiger partial charge in [-0.25, -0.2) is 0 Å². The molecule has 0 radical (unpaired) electrons. The molecule has 1 saturated heterocycles. The van der Waals surface area contributed by atoms with Crippen LogP contribution in [-0.2, 0) is 28.0 Å². The van der Waals surface area contributed by atoms with Crippen molar-refractivity contribution in [1.82, 2.24) is 30.7 Å². The van der Waals surface area contributed by atoms with Crippen molar-refractivity contribution in [2.45, 2.75) is 84.1 Å². The molecule has 13 heteroatoms. The second-order valence-electron chi connectivity index (χ2n) is 12.1. The lowest BCUT2D eigenvalue weighted by Gasteiger charge is -2.29. The van der Waals surface area contributed by atoms with E-state index in [0.29, 0.717) is 36.9 Å². The number of nitrogens with zero attached hydrogens (tertiary/aromatic N) is 4. The Labute approximate surface area is 255 Å². The SMILES string of the molecule is CC(C)C[C@@H](NC(=O)c1ccccc1OCc1noc(C(C)(C)C)n1)C(=O)N1C[C@@H](O)C[C@@H]1C(=O)NCCc1cncs1. The number of hydrogen-bond acceptors (Lipinski definition) is 10. The fraction of sp³-hybridized carbons (Fsp3) is 0.533. The molecule has 0 unspecified atom stereocenters. The highest BCUT2D eigenvalue weighted by molar-refractivity contribution is 7.09. The number of hydrogen-bond donors (Lipinski definition) is 3. The number of benzene rings is 1. The Morgan fingerprint density at radius 3 is 2.67 bits per heavy atom. The van der Waals surface area contributed by atoms with E-state index in [2.05, 4.69) is 25.8 Å². The molecular formula is C30H40N6O6S. The first-order valence-corrected chi connectivity index (χ1v) is 15.3. The maximum absolute atomic E-state index is 13.8. The van der Waals surface area contributed by atoms with E-state index in [1.165, 1.54) is 16.2 Å². The van der Waals surface area contributed by atoms with Gasteiger partial charge in [0, 0.05) is 42.4 Å². The van der Waals surface area contributed by atoms with Crippen molar-refractivity contribution in [2.75, 3.05) is 13.1 Å². The summed E-state index contributed by atoms with van der Waals surface area (Å²) >= 11 is 1.50. The normalized spacial score (nSPS) is 17.6. The molecule has 0 spiro atoms. The monoisotopic (exact) mass is 612 g/mol. The molecule has 3 N–H and O–H groups in total. The minimum absolute atomic E-state index is 0.0102. The van der Waals surface area contributed by atoms with Crippen molar-refractivity contribution in [3.8, 4) is 5.75 Å². The molecule has 3 heterocycles. The van der Waals surface area contributed by atoms with Crippen molar-refractivity contribution >= 4 is 29.1 Å². The van der Waals surface area contributed by atoms with Gasteiger partial charge in [-0.3, -0.25) is 19.4 Å². The molecular weight excluding hydrogens is 572 g/mol. The first-order chi connectivity index (χ1) is 20.4. The van der Waals surface area contributed by atoms with E-state index in [1.807, 2.05) is 34.6 Å². The Hall–Kier alpha value is -3.84. The average molecular weight is 613 g/mol. The quantitative estimate of drug-likeness (QED) is 0.279. The number of amides is 3. The lowest BCUT2D eigenvalue weighted by Crippen LogP contribution is -2.54. The molecule has 3 atom stereocenters. The first kappa shape index (κ1) is 32.1. The molecule has 1 aliphatic heterocycles. The molecule has 12 nitrogen and oxygen atoms in total. The van der Waals surface area contributed by atoms with Crippen molar-refractivity contribution in [3.63, 3.8) is 0 Å². The van der Waals surface area contributed by atoms with Gasteiger partial charge in [0.1, 0.15) is 17.8 Å². The minimum Gasteiger partial charge on any atom is -0.485 e. The molecule has 4 rings (SSSR count). The Morgan fingerprint density at radius 1 is 1.23 bits per heavy atom. The summed E-state index contributed by atoms with van der Waals surface area (Å²) in [6.07, 6.45) is 2.01. The van der Waals surface area contributed by atoms with E-state index in [9.17, 15) is 19.5 Å². The third-order valence-electron chi connectivity index (χ3n) is 6.93. The first-order valence-electron chi connectivity index (χ1n) is 14.4. The second-order valence-corrected chi connectivity index (χ2v) is 13.1. The molecule has 0 aliphatic carbocycles. The number of para-hydroxylation sites is 1. The Balaban J connectivity index is 1.43. The molecule has 1 fully saturated rings. The van der Waals surface area contributed by atoms with Gasteiger partial charge in [0.25, 0.3) is 5.91 Å². The fourth-order valence-corrected chi connectivity index (χ4v) is 5.37. The maximum atomic E-state index is 13.8. The van der Waals surface area contributed by atoms with E-state index in [-0.39, 0.29) is 42.4 Å². The molecule has 1 aliphatic rings. The summed E-state index contributed by atoms with van der Waals surface area (Å²) < 4.78 is 11.2. The Morgan fingerprint density at radius 2 is 2.00 bits per heavy atom. The van der Waals surface area contributed by atoms with Gasteiger partial charge in [-0.2, -0.15) is 4.98 Å². The van der Waals surface area contributed by atoms with E-state index >= 15 is 0 Å². The highest BCUT2D eigenvalue weighted by Crippen LogP contribution is 2.24. The van der Waals surface area contributed by atoms with Crippen LogP contribution in [0.2, 0.25) is 0 Å². The van der Waals surface area contributed by atoms with Crippen LogP contribution in [0.25, 0.3) is 0 Å². The van der Waals surface area contributed by atoms with E-state index in [1.54, 1.807) is 36.0 Å². The average Bonchev–Trinajstić information content (AvgIpc) is 3.72. The second kappa shape index (κ2) is 14.1. The molecule has 0 saturated carbocycles. The van der Waals surface area contributed by atoms with Gasteiger partial charge in [0.2, 0.25) is 23.5 Å². The zero-order chi connectivity index (χ0) is 31.1. The van der Waals surface area contributed by atoms with Crippen LogP contribution in [0.1, 0.15) is 74.4 Å². The summed E-state index contributed by atoms with van der Waals surface area (Å²) in [6, 6.07) is 4.96. The molecule has 43 heavy (non-hydrogen) atoms. The number of likely N-dealkylation sites (tertiary alicyclic amines) is 1. The smallest absolute Gasteiger partial charge is 0.255 e. The number of ether oxygens (including phenoxy) is 1. The summed E-state index contributed by atoms with van der Waals surface area (Å²) in [5, 5.41) is 20.1. The third kappa shape index (κ3) is 8.60. The van der Waals surface area contributed by atoms with Crippen molar-refractivity contribution in [1.29, 1.82) is 0 Å². The highest BCUT2D eigenvalue weighted by atomic mass is 32.1. The lowest BCUT2D eigenvalue weighted by molar-refractivity contribution is -0.140. The van der Waals surface area contributed by atoms with Crippen LogP contribution in [0.3, 0.4) is 0 Å². The molecule has 232 valence electrons. The largest absolute Gasteiger partial charge is 0.485 e. The van der Waals surface area contributed by atoms with Crippen LogP contribution >= 0.6 is 11.3 Å². The zero-order valence-electron chi connectivity index (χ0n) is 25.2. The predicted octanol–water partition coefficient (Wildman–Crippen LogP) is 2.87. The molecule has 3 aromatic rings. The summed E-state index contributed by atoms with van der Waals surface area (Å²) in [6.45, 7) is 10.2. The number of thiazole rings is 1. The van der Waals surface area contributed by atoms with Gasteiger partial charge in [0.05, 0.1) is 17.2 Å². The van der Waals surface area contributed by atoms with Crippen LogP contribution in [-0.4, -0.2) is 74.1 Å². The molecule has 0 bridgehead atoms. The van der Waals surface area contributed by atoms with Crippen LogP contribution in [0.4, 0.5) is 0 Å². The van der Waals surface area contributed by atoms with Crippen molar-refractivity contribution in [2.24, 2.45) is 5.92 Å². The fourth-order valence-electron chi connectivity index (χ4n) is 4.77. The maximum Gasteiger partial charge on any atom is 0.255 e. The van der Waals surface area contributed by atoms with E-state index in [4.69, 9.17) is 9.26 Å². The van der Waals surface area contributed by atoms with Crippen molar-refractivity contribution in [3.05, 3.63) is 58.1 Å². The minimum atomic E-state index is -0.912. The summed E-state index contributed by atoms with van der Waals surface area (Å²) in [4.78, 5) is 51.2. The van der Waals surface area contributed by atoms with Crippen LogP contribution in [0.5, 0.6) is 5.75 Å². The number of nitrogens with one attached hydrogen (secondary N) is 2. The lowest BCUT2D eigenvalue weighted by atomic mass is 9.97. The van der Waals surface area contributed by atoms with Crippen molar-refractivity contribution < 1.29 is 28.8 Å². The summed E-state index contributed by atoms with van der Waals surface area (Å²) in [5.41, 5.74) is 1.66. The van der Waals surface area contributed by atoms with Gasteiger partial charge in [-0.15, -0.1) is 11.3 Å². The number of β-amino-alcohol motifs (C(OH)–C–C–N with tert-alkyl or cyclic N) is 1. The number of carbonyl (C=O) groups excluding carboxylic acids is 3. The van der Waals surface area contributed by atoms with E-state index in [0.717, 1.165) is 4.88 Å². The topological polar surface area (TPSA) is 160 Å². The van der Waals surface area contributed by atoms with Crippen LogP contribution < -0.4 is 15.4 Å². The third-order valence-corrected chi connectivity index (χ3v) is 7.77. The summed E-state index contributed by atoms with van der Waals surface area (Å²) in [5.74, 6) is -0.0609. The van der Waals surface area contributed by atoms with Gasteiger partial charge >= 0.3 is 0 Å². The highest BCUT2D eigenvalue weighted by Gasteiger charge is 2.41. The number of carbonyl (C=O) groups is 3. The van der Waals surface area contributed by atoms with Gasteiger partial charge in [0.15, 0.2) is 6.61 Å². The Kier molecular flexibility index (Phi) is 10.5. The molecule has 2 aromatic heterocycles. The molecule has 1 aromatic carbocycles. The van der Waals surface area contributed by atoms with E-state index < -0.39 is 30.0 Å². The van der Waals surface area contributed by atoms with Crippen LogP contribution in [0, 0.1) is 5.92 Å². The zero-order valence-corrected chi connectivity index (χ0v) is 26.0. The number of aromatic nitrogens is 3. The number of aliphatic hydroxyl groups is 1. The van der Waals surface area contributed by atoms with Gasteiger partial charge in [-0.05, 0) is 24.5 Å². The predicted molar refractivity (Wildman–Crippen MR) is 159 cm³/mol. The standard InChI is InChI=1S/C30H40N6O6S/c1-18(2)12-22(28(40)36-15-19(37)13-23(36)27(39)32-11-10-20-14-31-17-43-20)33-26(38)21-8-6-7-9-24(21)41-16-25-34-29(42-35-25)30(3,4)5/h6-9,14,17-19,22-23,37H,10-13,15-16H2,1-5H3,(H,32,39)(H,33,38)/t19-,22+,23+/m0/s1.